The minimum absolute atomic E-state index is 0.00995. The highest BCUT2D eigenvalue weighted by Crippen LogP contribution is 2.09. The topological polar surface area (TPSA) is 61.4 Å². The Labute approximate surface area is 142 Å². The maximum absolute atomic E-state index is 12.3. The van der Waals surface area contributed by atoms with Crippen molar-refractivity contribution in [3.8, 4) is 0 Å². The second-order valence-corrected chi connectivity index (χ2v) is 5.99. The highest BCUT2D eigenvalue weighted by atomic mass is 16.2. The number of carbonyl (C=O) groups excluding carboxylic acids is 1. The Bertz CT molecular complexity index is 651. The third-order valence-electron chi connectivity index (χ3n) is 4.21. The van der Waals surface area contributed by atoms with E-state index in [1.165, 1.54) is 11.1 Å². The summed E-state index contributed by atoms with van der Waals surface area (Å²) in [5, 5.41) is 3.01. The lowest BCUT2D eigenvalue weighted by Crippen LogP contribution is -2.52. The SMILES string of the molecule is Cc1ccc(CCNC(=O)N2CCN(c3ncccn3)CC2)cc1. The van der Waals surface area contributed by atoms with Gasteiger partial charge >= 0.3 is 6.03 Å². The lowest BCUT2D eigenvalue weighted by Gasteiger charge is -2.34. The third-order valence-corrected chi connectivity index (χ3v) is 4.21. The number of hydrogen-bond acceptors (Lipinski definition) is 4. The summed E-state index contributed by atoms with van der Waals surface area (Å²) in [5.41, 5.74) is 2.50. The molecule has 2 heterocycles. The molecule has 1 aromatic carbocycles. The van der Waals surface area contributed by atoms with E-state index < -0.39 is 0 Å². The largest absolute Gasteiger partial charge is 0.338 e. The predicted molar refractivity (Wildman–Crippen MR) is 94.1 cm³/mol. The smallest absolute Gasteiger partial charge is 0.317 e. The van der Waals surface area contributed by atoms with Gasteiger partial charge in [-0.05, 0) is 25.0 Å². The van der Waals surface area contributed by atoms with Crippen LogP contribution in [0.2, 0.25) is 0 Å². The number of amides is 2. The number of hydrogen-bond donors (Lipinski definition) is 1. The van der Waals surface area contributed by atoms with Crippen LogP contribution in [-0.4, -0.2) is 53.6 Å². The van der Waals surface area contributed by atoms with Crippen LogP contribution in [0.15, 0.2) is 42.7 Å². The van der Waals surface area contributed by atoms with Crippen LogP contribution in [0.25, 0.3) is 0 Å². The Kier molecular flexibility index (Phi) is 5.25. The van der Waals surface area contributed by atoms with E-state index in [1.807, 2.05) is 4.90 Å². The Morgan fingerprint density at radius 1 is 1.08 bits per heavy atom. The number of aromatic nitrogens is 2. The molecule has 0 saturated carbocycles. The van der Waals surface area contributed by atoms with Crippen molar-refractivity contribution in [2.24, 2.45) is 0 Å². The van der Waals surface area contributed by atoms with Crippen LogP contribution in [0.3, 0.4) is 0 Å². The minimum atomic E-state index is 0.00995. The van der Waals surface area contributed by atoms with Crippen LogP contribution in [0.1, 0.15) is 11.1 Å². The molecule has 6 nitrogen and oxygen atoms in total. The van der Waals surface area contributed by atoms with E-state index in [-0.39, 0.29) is 6.03 Å². The second-order valence-electron chi connectivity index (χ2n) is 5.99. The molecular formula is C18H23N5O. The number of aryl methyl sites for hydroxylation is 1. The first-order valence-corrected chi connectivity index (χ1v) is 8.33. The summed E-state index contributed by atoms with van der Waals surface area (Å²) in [6.07, 6.45) is 4.34. The van der Waals surface area contributed by atoms with Crippen molar-refractivity contribution in [3.05, 3.63) is 53.9 Å². The van der Waals surface area contributed by atoms with Crippen LogP contribution >= 0.6 is 0 Å². The maximum atomic E-state index is 12.3. The predicted octanol–water partition coefficient (Wildman–Crippen LogP) is 1.86. The molecule has 1 saturated heterocycles. The van der Waals surface area contributed by atoms with E-state index in [0.29, 0.717) is 19.6 Å². The summed E-state index contributed by atoms with van der Waals surface area (Å²) in [6.45, 7) is 5.63. The van der Waals surface area contributed by atoms with Gasteiger partial charge in [-0.3, -0.25) is 0 Å². The van der Waals surface area contributed by atoms with E-state index in [0.717, 1.165) is 25.5 Å². The molecule has 0 spiro atoms. The van der Waals surface area contributed by atoms with Crippen LogP contribution in [0, 0.1) is 6.92 Å². The fourth-order valence-corrected chi connectivity index (χ4v) is 2.74. The standard InChI is InChI=1S/C18H23N5O/c1-15-3-5-16(6-4-15)7-10-21-18(24)23-13-11-22(12-14-23)17-19-8-2-9-20-17/h2-6,8-9H,7,10-14H2,1H3,(H,21,24). The van der Waals surface area contributed by atoms with Crippen LogP contribution in [0.5, 0.6) is 0 Å². The molecule has 0 bridgehead atoms. The monoisotopic (exact) mass is 325 g/mol. The first-order chi connectivity index (χ1) is 11.7. The Hall–Kier alpha value is -2.63. The van der Waals surface area contributed by atoms with Gasteiger partial charge in [0.05, 0.1) is 0 Å². The summed E-state index contributed by atoms with van der Waals surface area (Å²) < 4.78 is 0. The van der Waals surface area contributed by atoms with E-state index in [9.17, 15) is 4.79 Å². The van der Waals surface area contributed by atoms with Crippen LogP contribution in [-0.2, 0) is 6.42 Å². The summed E-state index contributed by atoms with van der Waals surface area (Å²) in [7, 11) is 0. The van der Waals surface area contributed by atoms with E-state index >= 15 is 0 Å². The third kappa shape index (κ3) is 4.22. The molecule has 6 heteroatoms. The van der Waals surface area contributed by atoms with Gasteiger partial charge in [0, 0.05) is 45.1 Å². The van der Waals surface area contributed by atoms with Crippen molar-refractivity contribution >= 4 is 12.0 Å². The molecular weight excluding hydrogens is 302 g/mol. The van der Waals surface area contributed by atoms with Gasteiger partial charge in [0.2, 0.25) is 5.95 Å². The van der Waals surface area contributed by atoms with Crippen molar-refractivity contribution in [2.75, 3.05) is 37.6 Å². The summed E-state index contributed by atoms with van der Waals surface area (Å²) >= 11 is 0. The van der Waals surface area contributed by atoms with Crippen molar-refractivity contribution < 1.29 is 4.79 Å². The van der Waals surface area contributed by atoms with Crippen molar-refractivity contribution in [2.45, 2.75) is 13.3 Å². The average molecular weight is 325 g/mol. The zero-order valence-corrected chi connectivity index (χ0v) is 14.0. The number of rotatable bonds is 4. The van der Waals surface area contributed by atoms with Gasteiger partial charge in [-0.25, -0.2) is 14.8 Å². The van der Waals surface area contributed by atoms with E-state index in [4.69, 9.17) is 0 Å². The minimum Gasteiger partial charge on any atom is -0.338 e. The molecule has 0 aliphatic carbocycles. The normalized spacial score (nSPS) is 14.5. The average Bonchev–Trinajstić information content (AvgIpc) is 2.64. The van der Waals surface area contributed by atoms with Gasteiger partial charge in [-0.1, -0.05) is 29.8 Å². The molecule has 1 aliphatic heterocycles. The van der Waals surface area contributed by atoms with Gasteiger partial charge in [0.15, 0.2) is 0 Å². The summed E-state index contributed by atoms with van der Waals surface area (Å²) in [5.74, 6) is 0.733. The first kappa shape index (κ1) is 16.2. The molecule has 1 aromatic heterocycles. The Balaban J connectivity index is 1.41. The number of urea groups is 1. The number of piperazine rings is 1. The molecule has 1 N–H and O–H groups in total. The van der Waals surface area contributed by atoms with Crippen molar-refractivity contribution in [3.63, 3.8) is 0 Å². The number of nitrogens with one attached hydrogen (secondary N) is 1. The Morgan fingerprint density at radius 3 is 2.42 bits per heavy atom. The highest BCUT2D eigenvalue weighted by Gasteiger charge is 2.21. The molecule has 126 valence electrons. The molecule has 0 unspecified atom stereocenters. The molecule has 1 aliphatic rings. The van der Waals surface area contributed by atoms with E-state index in [1.54, 1.807) is 18.5 Å². The molecule has 2 amide bonds. The van der Waals surface area contributed by atoms with Gasteiger partial charge in [0.1, 0.15) is 0 Å². The van der Waals surface area contributed by atoms with Gasteiger partial charge in [-0.15, -0.1) is 0 Å². The fourth-order valence-electron chi connectivity index (χ4n) is 2.74. The zero-order valence-electron chi connectivity index (χ0n) is 14.0. The number of anilines is 1. The zero-order chi connectivity index (χ0) is 16.8. The quantitative estimate of drug-likeness (QED) is 0.932. The summed E-state index contributed by atoms with van der Waals surface area (Å²) in [6, 6.07) is 10.2. The van der Waals surface area contributed by atoms with Gasteiger partial charge in [-0.2, -0.15) is 0 Å². The molecule has 3 rings (SSSR count). The van der Waals surface area contributed by atoms with Crippen LogP contribution < -0.4 is 10.2 Å². The highest BCUT2D eigenvalue weighted by molar-refractivity contribution is 5.74. The molecule has 2 aromatic rings. The fraction of sp³-hybridized carbons (Fsp3) is 0.389. The van der Waals surface area contributed by atoms with Crippen molar-refractivity contribution in [1.82, 2.24) is 20.2 Å². The second kappa shape index (κ2) is 7.77. The molecule has 0 atom stereocenters. The maximum Gasteiger partial charge on any atom is 0.317 e. The van der Waals surface area contributed by atoms with Crippen LogP contribution in [0.4, 0.5) is 10.7 Å². The number of carbonyl (C=O) groups is 1. The number of nitrogens with zero attached hydrogens (tertiary/aromatic N) is 4. The van der Waals surface area contributed by atoms with E-state index in [2.05, 4.69) is 51.4 Å². The number of benzene rings is 1. The summed E-state index contributed by atoms with van der Waals surface area (Å²) in [4.78, 5) is 24.7. The van der Waals surface area contributed by atoms with Crippen molar-refractivity contribution in [1.29, 1.82) is 0 Å². The molecule has 24 heavy (non-hydrogen) atoms. The lowest BCUT2D eigenvalue weighted by atomic mass is 10.1. The first-order valence-electron chi connectivity index (χ1n) is 8.33. The lowest BCUT2D eigenvalue weighted by molar-refractivity contribution is 0.194. The van der Waals surface area contributed by atoms with Gasteiger partial charge in [0.25, 0.3) is 0 Å². The Morgan fingerprint density at radius 2 is 1.75 bits per heavy atom. The van der Waals surface area contributed by atoms with Gasteiger partial charge < -0.3 is 15.1 Å². The molecule has 0 radical (unpaired) electrons. The molecule has 1 fully saturated rings.